The topological polar surface area (TPSA) is 41.6 Å². The lowest BCUT2D eigenvalue weighted by molar-refractivity contribution is 0.0342. The van der Waals surface area contributed by atoms with E-state index >= 15 is 0 Å². The highest BCUT2D eigenvalue weighted by atomic mass is 16.5. The van der Waals surface area contributed by atoms with Crippen LogP contribution in [0.1, 0.15) is 34.5 Å². The summed E-state index contributed by atoms with van der Waals surface area (Å²) in [6.07, 6.45) is 0. The summed E-state index contributed by atoms with van der Waals surface area (Å²) < 4.78 is 5.38. The lowest BCUT2D eigenvalue weighted by Gasteiger charge is -2.26. The fraction of sp³-hybridized carbons (Fsp3) is 0.350. The molecule has 2 aromatic rings. The Morgan fingerprint density at radius 3 is 2.62 bits per heavy atom. The Balaban J connectivity index is 1.63. The van der Waals surface area contributed by atoms with Gasteiger partial charge in [-0.25, -0.2) is 0 Å². The van der Waals surface area contributed by atoms with Crippen molar-refractivity contribution in [2.45, 2.75) is 19.5 Å². The van der Waals surface area contributed by atoms with E-state index in [1.807, 2.05) is 55.5 Å². The highest BCUT2D eigenvalue weighted by Gasteiger charge is 2.14. The zero-order valence-electron chi connectivity index (χ0n) is 14.1. The molecule has 1 aliphatic heterocycles. The molecule has 0 saturated carbocycles. The molecule has 24 heavy (non-hydrogen) atoms. The molecule has 1 atom stereocenters. The first-order valence-corrected chi connectivity index (χ1v) is 8.47. The molecule has 0 bridgehead atoms. The van der Waals surface area contributed by atoms with Gasteiger partial charge in [0.15, 0.2) is 0 Å². The minimum Gasteiger partial charge on any atom is -0.379 e. The van der Waals surface area contributed by atoms with Crippen LogP contribution in [0.4, 0.5) is 0 Å². The normalized spacial score (nSPS) is 16.5. The number of ether oxygens (including phenoxy) is 1. The van der Waals surface area contributed by atoms with Crippen molar-refractivity contribution in [1.29, 1.82) is 0 Å². The fourth-order valence-electron chi connectivity index (χ4n) is 2.93. The van der Waals surface area contributed by atoms with Gasteiger partial charge in [0.1, 0.15) is 0 Å². The van der Waals surface area contributed by atoms with Gasteiger partial charge in [0.2, 0.25) is 0 Å². The third kappa shape index (κ3) is 4.43. The van der Waals surface area contributed by atoms with Crippen molar-refractivity contribution in [3.8, 4) is 0 Å². The molecule has 3 rings (SSSR count). The molecule has 1 saturated heterocycles. The molecule has 4 nitrogen and oxygen atoms in total. The predicted molar refractivity (Wildman–Crippen MR) is 94.9 cm³/mol. The standard InChI is InChI=1S/C20H24N2O2/c1-16(18-7-3-2-4-8-18)21-20(23)19-9-5-6-17(14-19)15-22-10-12-24-13-11-22/h2-9,14,16H,10-13,15H2,1H3,(H,21,23). The largest absolute Gasteiger partial charge is 0.379 e. The van der Waals surface area contributed by atoms with Gasteiger partial charge in [-0.3, -0.25) is 9.69 Å². The van der Waals surface area contributed by atoms with Crippen LogP contribution in [0, 0.1) is 0 Å². The average Bonchev–Trinajstić information content (AvgIpc) is 2.63. The van der Waals surface area contributed by atoms with Gasteiger partial charge in [0.05, 0.1) is 19.3 Å². The second-order valence-corrected chi connectivity index (χ2v) is 6.19. The molecule has 0 aliphatic carbocycles. The van der Waals surface area contributed by atoms with Crippen molar-refractivity contribution < 1.29 is 9.53 Å². The minimum atomic E-state index is -0.0322. The van der Waals surface area contributed by atoms with Gasteiger partial charge in [-0.1, -0.05) is 42.5 Å². The highest BCUT2D eigenvalue weighted by molar-refractivity contribution is 5.94. The first-order valence-electron chi connectivity index (χ1n) is 8.47. The van der Waals surface area contributed by atoms with Crippen LogP contribution < -0.4 is 5.32 Å². The highest BCUT2D eigenvalue weighted by Crippen LogP contribution is 2.14. The predicted octanol–water partition coefficient (Wildman–Crippen LogP) is 3.01. The second kappa shape index (κ2) is 8.08. The van der Waals surface area contributed by atoms with E-state index in [-0.39, 0.29) is 11.9 Å². The van der Waals surface area contributed by atoms with Crippen LogP contribution in [0.15, 0.2) is 54.6 Å². The third-order valence-electron chi connectivity index (χ3n) is 4.35. The number of nitrogens with one attached hydrogen (secondary N) is 1. The quantitative estimate of drug-likeness (QED) is 0.919. The van der Waals surface area contributed by atoms with Crippen molar-refractivity contribution in [3.63, 3.8) is 0 Å². The zero-order valence-corrected chi connectivity index (χ0v) is 14.1. The SMILES string of the molecule is CC(NC(=O)c1cccc(CN2CCOCC2)c1)c1ccccc1. The number of hydrogen-bond donors (Lipinski definition) is 1. The summed E-state index contributed by atoms with van der Waals surface area (Å²) in [6.45, 7) is 6.33. The van der Waals surface area contributed by atoms with E-state index in [9.17, 15) is 4.79 Å². The van der Waals surface area contributed by atoms with Crippen LogP contribution in [-0.2, 0) is 11.3 Å². The smallest absolute Gasteiger partial charge is 0.251 e. The summed E-state index contributed by atoms with van der Waals surface area (Å²) in [5.41, 5.74) is 2.98. The lowest BCUT2D eigenvalue weighted by atomic mass is 10.1. The van der Waals surface area contributed by atoms with E-state index in [1.54, 1.807) is 0 Å². The zero-order chi connectivity index (χ0) is 16.8. The van der Waals surface area contributed by atoms with Gasteiger partial charge in [-0.2, -0.15) is 0 Å². The first kappa shape index (κ1) is 16.7. The summed E-state index contributed by atoms with van der Waals surface area (Å²) in [6, 6.07) is 17.9. The Morgan fingerprint density at radius 2 is 1.88 bits per heavy atom. The van der Waals surface area contributed by atoms with Crippen molar-refractivity contribution in [2.75, 3.05) is 26.3 Å². The first-order chi connectivity index (χ1) is 11.7. The lowest BCUT2D eigenvalue weighted by Crippen LogP contribution is -2.35. The van der Waals surface area contributed by atoms with Gasteiger partial charge in [0, 0.05) is 25.2 Å². The molecule has 1 amide bonds. The molecule has 1 N–H and O–H groups in total. The second-order valence-electron chi connectivity index (χ2n) is 6.19. The molecule has 126 valence electrons. The number of carbonyl (C=O) groups is 1. The molecule has 1 heterocycles. The van der Waals surface area contributed by atoms with Gasteiger partial charge in [0.25, 0.3) is 5.91 Å². The minimum absolute atomic E-state index is 0.0124. The van der Waals surface area contributed by atoms with Gasteiger partial charge in [-0.15, -0.1) is 0 Å². The van der Waals surface area contributed by atoms with Crippen molar-refractivity contribution in [2.24, 2.45) is 0 Å². The van der Waals surface area contributed by atoms with E-state index in [0.29, 0.717) is 5.56 Å². The molecular formula is C20H24N2O2. The molecule has 0 radical (unpaired) electrons. The molecular weight excluding hydrogens is 300 g/mol. The van der Waals surface area contributed by atoms with Crippen LogP contribution in [0.5, 0.6) is 0 Å². The van der Waals surface area contributed by atoms with Gasteiger partial charge >= 0.3 is 0 Å². The van der Waals surface area contributed by atoms with E-state index < -0.39 is 0 Å². The van der Waals surface area contributed by atoms with Crippen LogP contribution in [-0.4, -0.2) is 37.1 Å². The number of amides is 1. The van der Waals surface area contributed by atoms with Gasteiger partial charge < -0.3 is 10.1 Å². The summed E-state index contributed by atoms with van der Waals surface area (Å²) in [4.78, 5) is 14.9. The number of carbonyl (C=O) groups excluding carboxylic acids is 1. The maximum Gasteiger partial charge on any atom is 0.251 e. The van der Waals surface area contributed by atoms with E-state index in [4.69, 9.17) is 4.74 Å². The van der Waals surface area contributed by atoms with Crippen molar-refractivity contribution in [1.82, 2.24) is 10.2 Å². The Bertz CT molecular complexity index is 666. The molecule has 1 unspecified atom stereocenters. The van der Waals surface area contributed by atoms with Crippen LogP contribution in [0.25, 0.3) is 0 Å². The number of morpholine rings is 1. The Labute approximate surface area is 143 Å². The Hall–Kier alpha value is -2.17. The van der Waals surface area contributed by atoms with E-state index in [1.165, 1.54) is 0 Å². The fourth-order valence-corrected chi connectivity index (χ4v) is 2.93. The number of benzene rings is 2. The molecule has 2 aromatic carbocycles. The number of rotatable bonds is 5. The monoisotopic (exact) mass is 324 g/mol. The summed E-state index contributed by atoms with van der Waals surface area (Å²) in [5, 5.41) is 3.07. The molecule has 1 aliphatic rings. The molecule has 0 spiro atoms. The Morgan fingerprint density at radius 1 is 1.12 bits per heavy atom. The van der Waals surface area contributed by atoms with E-state index in [2.05, 4.69) is 16.3 Å². The molecule has 0 aromatic heterocycles. The van der Waals surface area contributed by atoms with Crippen molar-refractivity contribution >= 4 is 5.91 Å². The molecule has 1 fully saturated rings. The summed E-state index contributed by atoms with van der Waals surface area (Å²) in [5.74, 6) is -0.0322. The van der Waals surface area contributed by atoms with Crippen molar-refractivity contribution in [3.05, 3.63) is 71.3 Å². The van der Waals surface area contributed by atoms with Crippen LogP contribution >= 0.6 is 0 Å². The third-order valence-corrected chi connectivity index (χ3v) is 4.35. The Kier molecular flexibility index (Phi) is 5.62. The van der Waals surface area contributed by atoms with Crippen LogP contribution in [0.3, 0.4) is 0 Å². The number of hydrogen-bond acceptors (Lipinski definition) is 3. The summed E-state index contributed by atoms with van der Waals surface area (Å²) >= 11 is 0. The van der Waals surface area contributed by atoms with Crippen LogP contribution in [0.2, 0.25) is 0 Å². The summed E-state index contributed by atoms with van der Waals surface area (Å²) in [7, 11) is 0. The van der Waals surface area contributed by atoms with E-state index in [0.717, 1.165) is 44.0 Å². The van der Waals surface area contributed by atoms with Gasteiger partial charge in [-0.05, 0) is 30.2 Å². The molecule has 4 heteroatoms. The maximum absolute atomic E-state index is 12.5. The number of nitrogens with zero attached hydrogens (tertiary/aromatic N) is 1. The maximum atomic E-state index is 12.5. The average molecular weight is 324 g/mol.